The van der Waals surface area contributed by atoms with Crippen molar-refractivity contribution in [1.82, 2.24) is 5.32 Å². The molecule has 0 saturated carbocycles. The summed E-state index contributed by atoms with van der Waals surface area (Å²) in [6.07, 6.45) is 1.24. The molecule has 0 saturated heterocycles. The fraction of sp³-hybridized carbons (Fsp3) is 0.200. The Kier molecular flexibility index (Phi) is 7.65. The number of esters is 1. The monoisotopic (exact) mass is 419 g/mol. The van der Waals surface area contributed by atoms with Gasteiger partial charge in [-0.2, -0.15) is 0 Å². The molecule has 0 aliphatic rings. The van der Waals surface area contributed by atoms with Crippen molar-refractivity contribution in [3.05, 3.63) is 84.4 Å². The molecule has 3 aromatic carbocycles. The maximum absolute atomic E-state index is 12.2. The fourth-order valence-corrected chi connectivity index (χ4v) is 3.12. The van der Waals surface area contributed by atoms with Gasteiger partial charge in [-0.1, -0.05) is 61.2 Å². The predicted octanol–water partition coefficient (Wildman–Crippen LogP) is 4.59. The second kappa shape index (κ2) is 10.8. The summed E-state index contributed by atoms with van der Waals surface area (Å²) in [6, 6.07) is 19.7. The molecule has 1 amide bonds. The zero-order chi connectivity index (χ0) is 22.1. The van der Waals surface area contributed by atoms with Crippen molar-refractivity contribution in [3.63, 3.8) is 0 Å². The first-order valence-corrected chi connectivity index (χ1v) is 10.0. The van der Waals surface area contributed by atoms with Crippen molar-refractivity contribution in [2.24, 2.45) is 0 Å². The number of nitrogens with one attached hydrogen (secondary N) is 1. The van der Waals surface area contributed by atoms with Gasteiger partial charge >= 0.3 is 12.1 Å². The summed E-state index contributed by atoms with van der Waals surface area (Å²) in [6.45, 7) is 5.89. The summed E-state index contributed by atoms with van der Waals surface area (Å²) >= 11 is 0. The number of amides is 1. The SMILES string of the molecule is C=CC(=O)OCCNC(=O)Oc1c(C)cc(OCCc2ccccc2)c2ccccc12. The van der Waals surface area contributed by atoms with Gasteiger partial charge in [0.25, 0.3) is 0 Å². The van der Waals surface area contributed by atoms with E-state index in [1.165, 1.54) is 5.56 Å². The van der Waals surface area contributed by atoms with Gasteiger partial charge in [-0.05, 0) is 24.1 Å². The molecule has 0 spiro atoms. The third-order valence-corrected chi connectivity index (χ3v) is 4.61. The number of benzene rings is 3. The zero-order valence-corrected chi connectivity index (χ0v) is 17.4. The molecule has 0 fully saturated rings. The normalized spacial score (nSPS) is 10.4. The van der Waals surface area contributed by atoms with Gasteiger partial charge in [0.05, 0.1) is 13.2 Å². The lowest BCUT2D eigenvalue weighted by Gasteiger charge is -2.16. The summed E-state index contributed by atoms with van der Waals surface area (Å²) in [4.78, 5) is 23.2. The summed E-state index contributed by atoms with van der Waals surface area (Å²) in [5.74, 6) is 0.666. The zero-order valence-electron chi connectivity index (χ0n) is 17.4. The third kappa shape index (κ3) is 6.09. The Morgan fingerprint density at radius 3 is 2.45 bits per heavy atom. The lowest BCUT2D eigenvalue weighted by atomic mass is 10.0. The number of rotatable bonds is 9. The first-order chi connectivity index (χ1) is 15.1. The van der Waals surface area contributed by atoms with E-state index in [9.17, 15) is 9.59 Å². The molecule has 0 radical (unpaired) electrons. The second-order valence-electron chi connectivity index (χ2n) is 6.84. The van der Waals surface area contributed by atoms with Crippen LogP contribution < -0.4 is 14.8 Å². The summed E-state index contributed by atoms with van der Waals surface area (Å²) in [5.41, 5.74) is 1.99. The maximum atomic E-state index is 12.2. The molecule has 3 aromatic rings. The largest absolute Gasteiger partial charge is 0.493 e. The van der Waals surface area contributed by atoms with Crippen LogP contribution in [0.4, 0.5) is 4.79 Å². The highest BCUT2D eigenvalue weighted by Crippen LogP contribution is 2.36. The number of hydrogen-bond acceptors (Lipinski definition) is 5. The van der Waals surface area contributed by atoms with Gasteiger partial charge < -0.3 is 19.5 Å². The predicted molar refractivity (Wildman–Crippen MR) is 120 cm³/mol. The molecule has 3 rings (SSSR count). The number of carbonyl (C=O) groups is 2. The average molecular weight is 419 g/mol. The van der Waals surface area contributed by atoms with Gasteiger partial charge in [0, 0.05) is 23.3 Å². The molecule has 0 aliphatic heterocycles. The molecule has 0 aliphatic carbocycles. The van der Waals surface area contributed by atoms with Crippen LogP contribution in [0.15, 0.2) is 73.3 Å². The number of hydrogen-bond donors (Lipinski definition) is 1. The van der Waals surface area contributed by atoms with Crippen LogP contribution in [-0.4, -0.2) is 31.8 Å². The van der Waals surface area contributed by atoms with Crippen molar-refractivity contribution >= 4 is 22.8 Å². The number of fused-ring (bicyclic) bond motifs is 1. The fourth-order valence-electron chi connectivity index (χ4n) is 3.12. The van der Waals surface area contributed by atoms with Crippen LogP contribution in [0.1, 0.15) is 11.1 Å². The van der Waals surface area contributed by atoms with Gasteiger partial charge in [0.1, 0.15) is 18.1 Å². The molecular weight excluding hydrogens is 394 g/mol. The van der Waals surface area contributed by atoms with E-state index in [0.717, 1.165) is 34.6 Å². The number of ether oxygens (including phenoxy) is 3. The molecule has 0 unspecified atom stereocenters. The molecule has 1 N–H and O–H groups in total. The van der Waals surface area contributed by atoms with Crippen LogP contribution in [0.2, 0.25) is 0 Å². The van der Waals surface area contributed by atoms with Crippen molar-refractivity contribution in [3.8, 4) is 11.5 Å². The van der Waals surface area contributed by atoms with Gasteiger partial charge in [0.2, 0.25) is 0 Å². The third-order valence-electron chi connectivity index (χ3n) is 4.61. The maximum Gasteiger partial charge on any atom is 0.412 e. The van der Waals surface area contributed by atoms with Crippen LogP contribution >= 0.6 is 0 Å². The summed E-state index contributed by atoms with van der Waals surface area (Å²) in [7, 11) is 0. The van der Waals surface area contributed by atoms with Crippen LogP contribution in [-0.2, 0) is 16.0 Å². The van der Waals surface area contributed by atoms with Gasteiger partial charge in [0.15, 0.2) is 0 Å². The first kappa shape index (κ1) is 21.9. The summed E-state index contributed by atoms with van der Waals surface area (Å²) < 4.78 is 16.4. The standard InChI is InChI=1S/C25H25NO5/c1-3-23(27)30-16-14-26-25(28)31-24-18(2)17-22(20-11-7-8-12-21(20)24)29-15-13-19-9-5-4-6-10-19/h3-12,17H,1,13-16H2,2H3,(H,26,28). The molecule has 0 bridgehead atoms. The van der Waals surface area contributed by atoms with E-state index >= 15 is 0 Å². The molecule has 31 heavy (non-hydrogen) atoms. The molecule has 160 valence electrons. The Bertz CT molecular complexity index is 1060. The Balaban J connectivity index is 1.68. The van der Waals surface area contributed by atoms with Crippen LogP contribution in [0.25, 0.3) is 10.8 Å². The molecule has 0 aromatic heterocycles. The van der Waals surface area contributed by atoms with E-state index in [0.29, 0.717) is 12.4 Å². The minimum atomic E-state index is -0.624. The van der Waals surface area contributed by atoms with E-state index in [1.54, 1.807) is 0 Å². The minimum absolute atomic E-state index is 0.0356. The van der Waals surface area contributed by atoms with E-state index < -0.39 is 12.1 Å². The highest BCUT2D eigenvalue weighted by molar-refractivity contribution is 5.95. The number of aryl methyl sites for hydroxylation is 1. The first-order valence-electron chi connectivity index (χ1n) is 10.0. The smallest absolute Gasteiger partial charge is 0.412 e. The Morgan fingerprint density at radius 1 is 1.00 bits per heavy atom. The topological polar surface area (TPSA) is 73.9 Å². The molecule has 6 nitrogen and oxygen atoms in total. The van der Waals surface area contributed by atoms with Gasteiger partial charge in [-0.15, -0.1) is 0 Å². The van der Waals surface area contributed by atoms with Crippen LogP contribution in [0, 0.1) is 6.92 Å². The van der Waals surface area contributed by atoms with Gasteiger partial charge in [-0.25, -0.2) is 9.59 Å². The lowest BCUT2D eigenvalue weighted by Crippen LogP contribution is -2.30. The Morgan fingerprint density at radius 2 is 1.71 bits per heavy atom. The number of carbonyl (C=O) groups excluding carboxylic acids is 2. The Labute approximate surface area is 181 Å². The van der Waals surface area contributed by atoms with Crippen LogP contribution in [0.5, 0.6) is 11.5 Å². The molecular formula is C25H25NO5. The lowest BCUT2D eigenvalue weighted by molar-refractivity contribution is -0.137. The van der Waals surface area contributed by atoms with Crippen molar-refractivity contribution < 1.29 is 23.8 Å². The van der Waals surface area contributed by atoms with E-state index in [4.69, 9.17) is 14.2 Å². The second-order valence-corrected chi connectivity index (χ2v) is 6.84. The van der Waals surface area contributed by atoms with E-state index in [-0.39, 0.29) is 13.2 Å². The molecule has 0 atom stereocenters. The van der Waals surface area contributed by atoms with Gasteiger partial charge in [-0.3, -0.25) is 0 Å². The summed E-state index contributed by atoms with van der Waals surface area (Å²) in [5, 5.41) is 4.21. The highest BCUT2D eigenvalue weighted by Gasteiger charge is 2.15. The highest BCUT2D eigenvalue weighted by atomic mass is 16.6. The van der Waals surface area contributed by atoms with Crippen molar-refractivity contribution in [2.45, 2.75) is 13.3 Å². The minimum Gasteiger partial charge on any atom is -0.493 e. The Hall–Kier alpha value is -3.80. The van der Waals surface area contributed by atoms with E-state index in [2.05, 4.69) is 24.0 Å². The quantitative estimate of drug-likeness (QED) is 0.312. The van der Waals surface area contributed by atoms with Crippen LogP contribution in [0.3, 0.4) is 0 Å². The average Bonchev–Trinajstić information content (AvgIpc) is 2.79. The van der Waals surface area contributed by atoms with Crippen molar-refractivity contribution in [1.29, 1.82) is 0 Å². The van der Waals surface area contributed by atoms with E-state index in [1.807, 2.05) is 55.5 Å². The molecule has 6 heteroatoms. The van der Waals surface area contributed by atoms with Crippen molar-refractivity contribution in [2.75, 3.05) is 19.8 Å². The molecule has 0 heterocycles.